The standard InChI is InChI=1S/C23H32N4O3/c1-23(2)14-20(28)19(21(29)15-23)16-24-8-9-26-10-12-27(13-11-26)17-22(30)25-18-6-4-3-5-7-18/h3-7,16,19H,8-15,17H2,1-2H3,(H,25,30). The number of nitrogens with zero attached hydrogens (tertiary/aromatic N) is 3. The number of Topliss-reactive ketones (excluding diaryl/α,β-unsaturated/α-hetero) is 2. The van der Waals surface area contributed by atoms with Gasteiger partial charge in [-0.25, -0.2) is 0 Å². The monoisotopic (exact) mass is 412 g/mol. The Bertz CT molecular complexity index is 763. The van der Waals surface area contributed by atoms with Crippen LogP contribution < -0.4 is 5.32 Å². The highest BCUT2D eigenvalue weighted by Gasteiger charge is 2.38. The molecule has 1 aromatic rings. The first-order valence-electron chi connectivity index (χ1n) is 10.7. The fourth-order valence-electron chi connectivity index (χ4n) is 4.05. The number of nitrogens with one attached hydrogen (secondary N) is 1. The van der Waals surface area contributed by atoms with E-state index in [4.69, 9.17) is 0 Å². The third kappa shape index (κ3) is 6.57. The molecule has 0 radical (unpaired) electrons. The molecule has 1 amide bonds. The zero-order valence-electron chi connectivity index (χ0n) is 18.0. The summed E-state index contributed by atoms with van der Waals surface area (Å²) >= 11 is 0. The van der Waals surface area contributed by atoms with Crippen molar-refractivity contribution in [1.82, 2.24) is 9.80 Å². The molecule has 0 bridgehead atoms. The van der Waals surface area contributed by atoms with Crippen LogP contribution in [0.1, 0.15) is 26.7 Å². The quantitative estimate of drug-likeness (QED) is 0.546. The van der Waals surface area contributed by atoms with E-state index >= 15 is 0 Å². The number of carbonyl (C=O) groups excluding carboxylic acids is 3. The second-order valence-corrected chi connectivity index (χ2v) is 9.02. The van der Waals surface area contributed by atoms with E-state index in [1.807, 2.05) is 44.2 Å². The number of hydrogen-bond donors (Lipinski definition) is 1. The number of aliphatic imine (C=N–C) groups is 1. The number of carbonyl (C=O) groups is 3. The molecular weight excluding hydrogens is 380 g/mol. The Morgan fingerprint density at radius 1 is 1.07 bits per heavy atom. The molecule has 1 saturated carbocycles. The molecule has 7 nitrogen and oxygen atoms in total. The van der Waals surface area contributed by atoms with E-state index in [-0.39, 0.29) is 22.9 Å². The van der Waals surface area contributed by atoms with E-state index in [0.29, 0.717) is 25.9 Å². The topological polar surface area (TPSA) is 82.1 Å². The summed E-state index contributed by atoms with van der Waals surface area (Å²) in [6.07, 6.45) is 2.44. The predicted molar refractivity (Wildman–Crippen MR) is 118 cm³/mol. The van der Waals surface area contributed by atoms with Gasteiger partial charge in [-0.3, -0.25) is 29.2 Å². The van der Waals surface area contributed by atoms with Gasteiger partial charge in [0.2, 0.25) is 5.91 Å². The van der Waals surface area contributed by atoms with E-state index in [1.165, 1.54) is 0 Å². The van der Waals surface area contributed by atoms with Crippen LogP contribution in [0.5, 0.6) is 0 Å². The lowest BCUT2D eigenvalue weighted by Gasteiger charge is -2.34. The maximum Gasteiger partial charge on any atom is 0.238 e. The number of para-hydroxylation sites is 1. The van der Waals surface area contributed by atoms with Crippen molar-refractivity contribution in [2.45, 2.75) is 26.7 Å². The highest BCUT2D eigenvalue weighted by molar-refractivity contribution is 6.16. The van der Waals surface area contributed by atoms with Crippen molar-refractivity contribution in [3.63, 3.8) is 0 Å². The smallest absolute Gasteiger partial charge is 0.238 e. The van der Waals surface area contributed by atoms with Gasteiger partial charge < -0.3 is 5.32 Å². The van der Waals surface area contributed by atoms with Gasteiger partial charge in [0.1, 0.15) is 17.5 Å². The van der Waals surface area contributed by atoms with E-state index in [0.717, 1.165) is 38.4 Å². The molecule has 1 aliphatic carbocycles. The number of ketones is 2. The van der Waals surface area contributed by atoms with Gasteiger partial charge >= 0.3 is 0 Å². The molecule has 2 aliphatic rings. The molecule has 1 N–H and O–H groups in total. The first-order chi connectivity index (χ1) is 14.3. The molecule has 162 valence electrons. The van der Waals surface area contributed by atoms with Crippen molar-refractivity contribution in [2.75, 3.05) is 51.1 Å². The van der Waals surface area contributed by atoms with E-state index < -0.39 is 5.92 Å². The van der Waals surface area contributed by atoms with Crippen molar-refractivity contribution in [3.8, 4) is 0 Å². The average molecular weight is 413 g/mol. The fraction of sp³-hybridized carbons (Fsp3) is 0.565. The second-order valence-electron chi connectivity index (χ2n) is 9.02. The normalized spacial score (nSPS) is 21.3. The Hall–Kier alpha value is -2.38. The van der Waals surface area contributed by atoms with E-state index in [1.54, 1.807) is 6.21 Å². The van der Waals surface area contributed by atoms with Gasteiger partial charge in [0.15, 0.2) is 0 Å². The lowest BCUT2D eigenvalue weighted by atomic mass is 9.72. The van der Waals surface area contributed by atoms with Crippen molar-refractivity contribution in [3.05, 3.63) is 30.3 Å². The third-order valence-electron chi connectivity index (χ3n) is 5.69. The Morgan fingerprint density at radius 3 is 2.30 bits per heavy atom. The maximum absolute atomic E-state index is 12.2. The van der Waals surface area contributed by atoms with Gasteiger partial charge in [-0.15, -0.1) is 0 Å². The first-order valence-corrected chi connectivity index (χ1v) is 10.7. The zero-order chi connectivity index (χ0) is 21.6. The van der Waals surface area contributed by atoms with E-state index in [2.05, 4.69) is 20.1 Å². The molecular formula is C23H32N4O3. The van der Waals surface area contributed by atoms with Gasteiger partial charge in [-0.05, 0) is 17.5 Å². The molecule has 3 rings (SSSR count). The zero-order valence-corrected chi connectivity index (χ0v) is 18.0. The van der Waals surface area contributed by atoms with Crippen LogP contribution in [0.4, 0.5) is 5.69 Å². The summed E-state index contributed by atoms with van der Waals surface area (Å²) in [7, 11) is 0. The molecule has 0 atom stereocenters. The van der Waals surface area contributed by atoms with Crippen LogP contribution in [0.2, 0.25) is 0 Å². The van der Waals surface area contributed by atoms with Crippen molar-refractivity contribution in [1.29, 1.82) is 0 Å². The van der Waals surface area contributed by atoms with Crippen LogP contribution in [-0.2, 0) is 14.4 Å². The molecule has 1 saturated heterocycles. The maximum atomic E-state index is 12.2. The molecule has 1 heterocycles. The molecule has 0 spiro atoms. The summed E-state index contributed by atoms with van der Waals surface area (Å²) in [6, 6.07) is 9.48. The van der Waals surface area contributed by atoms with Crippen LogP contribution in [0.3, 0.4) is 0 Å². The molecule has 2 fully saturated rings. The number of rotatable bonds is 7. The highest BCUT2D eigenvalue weighted by atomic mass is 16.2. The number of piperazine rings is 1. The van der Waals surface area contributed by atoms with Crippen LogP contribution >= 0.6 is 0 Å². The van der Waals surface area contributed by atoms with Crippen LogP contribution in [0.15, 0.2) is 35.3 Å². The van der Waals surface area contributed by atoms with Crippen LogP contribution in [0, 0.1) is 11.3 Å². The second kappa shape index (κ2) is 10.1. The number of anilines is 1. The van der Waals surface area contributed by atoms with Crippen LogP contribution in [0.25, 0.3) is 0 Å². The Balaban J connectivity index is 1.34. The summed E-state index contributed by atoms with van der Waals surface area (Å²) < 4.78 is 0. The predicted octanol–water partition coefficient (Wildman–Crippen LogP) is 1.89. The van der Waals surface area contributed by atoms with Gasteiger partial charge in [0.05, 0.1) is 13.1 Å². The SMILES string of the molecule is CC1(C)CC(=O)C(C=NCCN2CCN(CC(=O)Nc3ccccc3)CC2)C(=O)C1. The summed E-state index contributed by atoms with van der Waals surface area (Å²) in [5.74, 6) is -0.674. The van der Waals surface area contributed by atoms with Crippen molar-refractivity contribution < 1.29 is 14.4 Å². The van der Waals surface area contributed by atoms with Gasteiger partial charge in [0, 0.05) is 57.5 Å². The third-order valence-corrected chi connectivity index (χ3v) is 5.69. The molecule has 1 aliphatic heterocycles. The molecule has 30 heavy (non-hydrogen) atoms. The van der Waals surface area contributed by atoms with Gasteiger partial charge in [-0.1, -0.05) is 32.0 Å². The number of benzene rings is 1. The lowest BCUT2D eigenvalue weighted by molar-refractivity contribution is -0.136. The first kappa shape index (κ1) is 22.3. The van der Waals surface area contributed by atoms with Crippen molar-refractivity contribution in [2.24, 2.45) is 16.3 Å². The van der Waals surface area contributed by atoms with Gasteiger partial charge in [0.25, 0.3) is 0 Å². The molecule has 0 aromatic heterocycles. The average Bonchev–Trinajstić information content (AvgIpc) is 2.68. The largest absolute Gasteiger partial charge is 0.325 e. The summed E-state index contributed by atoms with van der Waals surface area (Å²) in [5.41, 5.74) is 0.591. The number of amides is 1. The summed E-state index contributed by atoms with van der Waals surface area (Å²) in [6.45, 7) is 9.11. The molecule has 7 heteroatoms. The Labute approximate surface area is 178 Å². The summed E-state index contributed by atoms with van der Waals surface area (Å²) in [4.78, 5) is 45.4. The minimum absolute atomic E-state index is 0.00393. The Kier molecular flexibility index (Phi) is 7.50. The van der Waals surface area contributed by atoms with E-state index in [9.17, 15) is 14.4 Å². The summed E-state index contributed by atoms with van der Waals surface area (Å²) in [5, 5.41) is 2.92. The van der Waals surface area contributed by atoms with Gasteiger partial charge in [-0.2, -0.15) is 0 Å². The number of hydrogen-bond acceptors (Lipinski definition) is 6. The minimum Gasteiger partial charge on any atom is -0.325 e. The van der Waals surface area contributed by atoms with Crippen molar-refractivity contribution >= 4 is 29.4 Å². The minimum atomic E-state index is -0.655. The van der Waals surface area contributed by atoms with Crippen LogP contribution in [-0.4, -0.2) is 79.3 Å². The fourth-order valence-corrected chi connectivity index (χ4v) is 4.05. The Morgan fingerprint density at radius 2 is 1.67 bits per heavy atom. The molecule has 1 aromatic carbocycles. The highest BCUT2D eigenvalue weighted by Crippen LogP contribution is 2.33. The molecule has 0 unspecified atom stereocenters. The lowest BCUT2D eigenvalue weighted by Crippen LogP contribution is -2.49.